The summed E-state index contributed by atoms with van der Waals surface area (Å²) in [5.74, 6) is 3.30. The molecule has 1 fully saturated rings. The normalized spacial score (nSPS) is 17.1. The quantitative estimate of drug-likeness (QED) is 0.385. The van der Waals surface area contributed by atoms with Crippen molar-refractivity contribution in [2.45, 2.75) is 32.7 Å². The molecule has 4 aromatic rings. The maximum atomic E-state index is 13.1. The van der Waals surface area contributed by atoms with Crippen LogP contribution in [0.15, 0.2) is 60.7 Å². The van der Waals surface area contributed by atoms with Crippen molar-refractivity contribution < 1.29 is 19.0 Å². The van der Waals surface area contributed by atoms with Crippen LogP contribution in [-0.4, -0.2) is 41.8 Å². The molecule has 0 spiro atoms. The van der Waals surface area contributed by atoms with Crippen LogP contribution in [0.1, 0.15) is 29.3 Å². The zero-order valence-electron chi connectivity index (χ0n) is 20.6. The van der Waals surface area contributed by atoms with Crippen molar-refractivity contribution in [3.8, 4) is 17.2 Å². The number of aromatic nitrogens is 2. The lowest BCUT2D eigenvalue weighted by Gasteiger charge is -2.22. The van der Waals surface area contributed by atoms with Gasteiger partial charge in [0.05, 0.1) is 17.6 Å². The Labute approximate surface area is 210 Å². The molecule has 184 valence electrons. The Morgan fingerprint density at radius 2 is 1.83 bits per heavy atom. The monoisotopic (exact) mass is 483 g/mol. The molecule has 0 radical (unpaired) electrons. The van der Waals surface area contributed by atoms with Gasteiger partial charge in [-0.15, -0.1) is 0 Å². The second-order valence-electron chi connectivity index (χ2n) is 9.46. The van der Waals surface area contributed by atoms with Crippen LogP contribution >= 0.6 is 0 Å². The Bertz CT molecular complexity index is 1440. The molecule has 1 amide bonds. The number of ether oxygens (including phenoxy) is 3. The van der Waals surface area contributed by atoms with Crippen molar-refractivity contribution in [2.24, 2.45) is 0 Å². The Kier molecular flexibility index (Phi) is 5.76. The summed E-state index contributed by atoms with van der Waals surface area (Å²) in [5, 5.41) is 0. The molecular formula is C29H29N3O4. The van der Waals surface area contributed by atoms with Crippen LogP contribution in [0.2, 0.25) is 0 Å². The molecular weight excluding hydrogens is 454 g/mol. The van der Waals surface area contributed by atoms with Gasteiger partial charge in [-0.2, -0.15) is 0 Å². The van der Waals surface area contributed by atoms with E-state index in [1.54, 1.807) is 0 Å². The van der Waals surface area contributed by atoms with Crippen LogP contribution in [0.25, 0.3) is 11.0 Å². The first-order valence-corrected chi connectivity index (χ1v) is 12.4. The molecule has 2 aliphatic heterocycles. The standard InChI is InChI=1S/C29H29N3O4/c1-19-7-9-25(20(2)15-19)34-12-11-31-24-6-4-3-5-23(24)30-29(31)21-16-28(33)32(18-21)22-8-10-26-27(17-22)36-14-13-35-26/h3-10,15,17,21H,11-14,16,18H2,1-2H3. The molecule has 1 atom stereocenters. The first-order valence-electron chi connectivity index (χ1n) is 12.4. The van der Waals surface area contributed by atoms with Crippen molar-refractivity contribution in [2.75, 3.05) is 31.3 Å². The lowest BCUT2D eigenvalue weighted by atomic mass is 10.1. The number of anilines is 1. The highest BCUT2D eigenvalue weighted by molar-refractivity contribution is 5.97. The van der Waals surface area contributed by atoms with Crippen LogP contribution in [0.3, 0.4) is 0 Å². The fraction of sp³-hybridized carbons (Fsp3) is 0.310. The van der Waals surface area contributed by atoms with Crippen LogP contribution in [0.4, 0.5) is 5.69 Å². The summed E-state index contributed by atoms with van der Waals surface area (Å²) < 4.78 is 19.7. The second kappa shape index (κ2) is 9.22. The van der Waals surface area contributed by atoms with Gasteiger partial charge < -0.3 is 23.7 Å². The molecule has 0 bridgehead atoms. The third-order valence-electron chi connectivity index (χ3n) is 6.91. The Morgan fingerprint density at radius 1 is 1.00 bits per heavy atom. The Morgan fingerprint density at radius 3 is 2.69 bits per heavy atom. The van der Waals surface area contributed by atoms with Crippen molar-refractivity contribution >= 4 is 22.6 Å². The fourth-order valence-corrected chi connectivity index (χ4v) is 5.18. The third-order valence-corrected chi connectivity index (χ3v) is 6.91. The molecule has 7 heteroatoms. The molecule has 36 heavy (non-hydrogen) atoms. The summed E-state index contributed by atoms with van der Waals surface area (Å²) in [4.78, 5) is 19.9. The number of amides is 1. The molecule has 0 saturated carbocycles. The summed E-state index contributed by atoms with van der Waals surface area (Å²) >= 11 is 0. The minimum atomic E-state index is -0.0146. The van der Waals surface area contributed by atoms with Crippen LogP contribution in [-0.2, 0) is 11.3 Å². The van der Waals surface area contributed by atoms with Gasteiger partial charge >= 0.3 is 0 Å². The van der Waals surface area contributed by atoms with E-state index in [0.717, 1.165) is 39.6 Å². The number of hydrogen-bond donors (Lipinski definition) is 0. The van der Waals surface area contributed by atoms with Crippen molar-refractivity contribution in [3.05, 3.63) is 77.6 Å². The maximum absolute atomic E-state index is 13.1. The van der Waals surface area contributed by atoms with Gasteiger partial charge in [-0.05, 0) is 49.7 Å². The van der Waals surface area contributed by atoms with Crippen molar-refractivity contribution in [1.29, 1.82) is 0 Å². The fourth-order valence-electron chi connectivity index (χ4n) is 5.18. The van der Waals surface area contributed by atoms with E-state index >= 15 is 0 Å². The zero-order valence-corrected chi connectivity index (χ0v) is 20.6. The first-order chi connectivity index (χ1) is 17.6. The number of hydrogen-bond acceptors (Lipinski definition) is 5. The van der Waals surface area contributed by atoms with Crippen LogP contribution < -0.4 is 19.1 Å². The van der Waals surface area contributed by atoms with Gasteiger partial charge in [0.15, 0.2) is 11.5 Å². The summed E-state index contributed by atoms with van der Waals surface area (Å²) in [5.41, 5.74) is 5.16. The van der Waals surface area contributed by atoms with Gasteiger partial charge in [-0.3, -0.25) is 4.79 Å². The molecule has 3 aromatic carbocycles. The Balaban J connectivity index is 1.25. The number of nitrogens with zero attached hydrogens (tertiary/aromatic N) is 3. The van der Waals surface area contributed by atoms with Gasteiger partial charge in [0.25, 0.3) is 0 Å². The van der Waals surface area contributed by atoms with E-state index in [9.17, 15) is 4.79 Å². The van der Waals surface area contributed by atoms with Gasteiger partial charge in [0.2, 0.25) is 5.91 Å². The van der Waals surface area contributed by atoms with E-state index in [0.29, 0.717) is 45.1 Å². The van der Waals surface area contributed by atoms with E-state index in [1.165, 1.54) is 5.56 Å². The van der Waals surface area contributed by atoms with E-state index in [4.69, 9.17) is 19.2 Å². The zero-order chi connectivity index (χ0) is 24.6. The van der Waals surface area contributed by atoms with Gasteiger partial charge in [0, 0.05) is 30.6 Å². The second-order valence-corrected chi connectivity index (χ2v) is 9.46. The number of rotatable bonds is 6. The molecule has 0 N–H and O–H groups in total. The number of imidazole rings is 1. The summed E-state index contributed by atoms with van der Waals surface area (Å²) in [6.07, 6.45) is 0.412. The van der Waals surface area contributed by atoms with Crippen molar-refractivity contribution in [1.82, 2.24) is 9.55 Å². The number of benzene rings is 3. The lowest BCUT2D eigenvalue weighted by molar-refractivity contribution is -0.117. The average molecular weight is 484 g/mol. The largest absolute Gasteiger partial charge is 0.491 e. The average Bonchev–Trinajstić information content (AvgIpc) is 3.45. The van der Waals surface area contributed by atoms with E-state index in [-0.39, 0.29) is 11.8 Å². The minimum absolute atomic E-state index is 0.0146. The van der Waals surface area contributed by atoms with E-state index in [2.05, 4.69) is 36.6 Å². The predicted molar refractivity (Wildman–Crippen MR) is 138 cm³/mol. The third kappa shape index (κ3) is 4.15. The van der Waals surface area contributed by atoms with Crippen molar-refractivity contribution in [3.63, 3.8) is 0 Å². The molecule has 0 aliphatic carbocycles. The number of para-hydroxylation sites is 2. The summed E-state index contributed by atoms with van der Waals surface area (Å²) in [6, 6.07) is 20.1. The van der Waals surface area contributed by atoms with Crippen LogP contribution in [0, 0.1) is 13.8 Å². The highest BCUT2D eigenvalue weighted by Crippen LogP contribution is 2.38. The Hall–Kier alpha value is -4.00. The number of carbonyl (C=O) groups is 1. The molecule has 3 heterocycles. The van der Waals surface area contributed by atoms with Gasteiger partial charge in [-0.25, -0.2) is 4.98 Å². The maximum Gasteiger partial charge on any atom is 0.227 e. The SMILES string of the molecule is Cc1ccc(OCCn2c(C3CC(=O)N(c4ccc5c(c4)OCCO5)C3)nc3ccccc32)c(C)c1. The van der Waals surface area contributed by atoms with E-state index in [1.807, 2.05) is 47.4 Å². The molecule has 6 rings (SSSR count). The van der Waals surface area contributed by atoms with E-state index < -0.39 is 0 Å². The minimum Gasteiger partial charge on any atom is -0.491 e. The molecule has 1 saturated heterocycles. The topological polar surface area (TPSA) is 65.8 Å². The first kappa shape index (κ1) is 22.5. The molecule has 7 nitrogen and oxygen atoms in total. The van der Waals surface area contributed by atoms with Gasteiger partial charge in [0.1, 0.15) is 31.4 Å². The highest BCUT2D eigenvalue weighted by atomic mass is 16.6. The molecule has 1 aromatic heterocycles. The predicted octanol–water partition coefficient (Wildman–Crippen LogP) is 5.02. The lowest BCUT2D eigenvalue weighted by Crippen LogP contribution is -2.25. The smallest absolute Gasteiger partial charge is 0.227 e. The molecule has 1 unspecified atom stereocenters. The number of fused-ring (bicyclic) bond motifs is 2. The number of carbonyl (C=O) groups excluding carboxylic acids is 1. The van der Waals surface area contributed by atoms with Crippen LogP contribution in [0.5, 0.6) is 17.2 Å². The van der Waals surface area contributed by atoms with Gasteiger partial charge in [-0.1, -0.05) is 29.8 Å². The number of aryl methyl sites for hydroxylation is 2. The highest BCUT2D eigenvalue weighted by Gasteiger charge is 2.35. The summed E-state index contributed by atoms with van der Waals surface area (Å²) in [6.45, 7) is 6.94. The molecule has 2 aliphatic rings. The summed E-state index contributed by atoms with van der Waals surface area (Å²) in [7, 11) is 0.